The molecule has 1 aliphatic carbocycles. The van der Waals surface area contributed by atoms with Crippen LogP contribution in [0.1, 0.15) is 40.9 Å². The number of ether oxygens (including phenoxy) is 1. The van der Waals surface area contributed by atoms with Crippen LogP contribution in [0, 0.1) is 0 Å². The van der Waals surface area contributed by atoms with Crippen LogP contribution < -0.4 is 11.1 Å². The molecule has 1 aliphatic rings. The van der Waals surface area contributed by atoms with Crippen LogP contribution in [0.15, 0.2) is 11.4 Å². The lowest BCUT2D eigenvalue weighted by Gasteiger charge is -2.10. The normalized spacial score (nSPS) is 16.2. The second-order valence-electron chi connectivity index (χ2n) is 4.62. The number of carbonyl (C=O) groups is 1. The number of nitrogens with two attached hydrogens (primary N) is 1. The molecule has 0 unspecified atom stereocenters. The molecule has 1 aromatic rings. The fourth-order valence-corrected chi connectivity index (χ4v) is 3.01. The van der Waals surface area contributed by atoms with Gasteiger partial charge in [0.25, 0.3) is 0 Å². The first-order valence-corrected chi connectivity index (χ1v) is 7.33. The van der Waals surface area contributed by atoms with Gasteiger partial charge < -0.3 is 15.8 Å². The molecule has 0 atom stereocenters. The fourth-order valence-electron chi connectivity index (χ4n) is 2.17. The second-order valence-corrected chi connectivity index (χ2v) is 5.62. The number of hydrogen-bond donors (Lipinski definition) is 2. The molecule has 2 rings (SSSR count). The molecule has 0 bridgehead atoms. The Morgan fingerprint density at radius 2 is 2.28 bits per heavy atom. The zero-order chi connectivity index (χ0) is 12.8. The van der Waals surface area contributed by atoms with E-state index in [4.69, 9.17) is 10.5 Å². The Hall–Kier alpha value is -0.910. The summed E-state index contributed by atoms with van der Waals surface area (Å²) in [6, 6.07) is 1.85. The van der Waals surface area contributed by atoms with E-state index >= 15 is 0 Å². The van der Waals surface area contributed by atoms with Gasteiger partial charge in [0.1, 0.15) is 0 Å². The summed E-state index contributed by atoms with van der Waals surface area (Å²) >= 11 is 1.56. The van der Waals surface area contributed by atoms with Crippen LogP contribution in [-0.4, -0.2) is 25.2 Å². The molecule has 1 heterocycles. The maximum Gasteiger partial charge on any atom is 0.249 e. The Morgan fingerprint density at radius 1 is 1.50 bits per heavy atom. The molecular formula is C13H20N2O2S. The van der Waals surface area contributed by atoms with Crippen LogP contribution in [0.3, 0.4) is 0 Å². The first-order chi connectivity index (χ1) is 8.75. The molecule has 18 heavy (non-hydrogen) atoms. The van der Waals surface area contributed by atoms with Crippen molar-refractivity contribution in [2.45, 2.75) is 38.3 Å². The molecule has 0 radical (unpaired) electrons. The van der Waals surface area contributed by atoms with E-state index in [1.807, 2.05) is 6.07 Å². The maximum absolute atomic E-state index is 10.9. The Labute approximate surface area is 112 Å². The predicted octanol–water partition coefficient (Wildman–Crippen LogP) is 1.90. The van der Waals surface area contributed by atoms with Crippen LogP contribution in [0.5, 0.6) is 0 Å². The summed E-state index contributed by atoms with van der Waals surface area (Å²) < 4.78 is 5.75. The van der Waals surface area contributed by atoms with Gasteiger partial charge in [-0.2, -0.15) is 0 Å². The quantitative estimate of drug-likeness (QED) is 0.742. The number of rotatable bonds is 7. The number of hydrogen-bond acceptors (Lipinski definition) is 4. The van der Waals surface area contributed by atoms with Crippen molar-refractivity contribution < 1.29 is 9.53 Å². The molecular weight excluding hydrogens is 248 g/mol. The van der Waals surface area contributed by atoms with Crippen molar-refractivity contribution in [3.63, 3.8) is 0 Å². The molecule has 0 saturated heterocycles. The van der Waals surface area contributed by atoms with E-state index in [9.17, 15) is 4.79 Å². The number of thiophene rings is 1. The minimum absolute atomic E-state index is 0.359. The van der Waals surface area contributed by atoms with Crippen molar-refractivity contribution in [2.24, 2.45) is 5.73 Å². The summed E-state index contributed by atoms with van der Waals surface area (Å²) in [5, 5.41) is 5.11. The monoisotopic (exact) mass is 268 g/mol. The number of primary amides is 1. The third-order valence-corrected chi connectivity index (χ3v) is 4.11. The van der Waals surface area contributed by atoms with Gasteiger partial charge in [0.2, 0.25) is 5.91 Å². The van der Waals surface area contributed by atoms with Crippen molar-refractivity contribution >= 4 is 17.2 Å². The number of nitrogens with one attached hydrogen (secondary N) is 1. The van der Waals surface area contributed by atoms with E-state index in [-0.39, 0.29) is 5.91 Å². The molecule has 100 valence electrons. The van der Waals surface area contributed by atoms with Crippen molar-refractivity contribution in [1.29, 1.82) is 0 Å². The average molecular weight is 268 g/mol. The van der Waals surface area contributed by atoms with Crippen LogP contribution >= 0.6 is 11.3 Å². The first-order valence-electron chi connectivity index (χ1n) is 6.45. The zero-order valence-electron chi connectivity index (χ0n) is 10.5. The van der Waals surface area contributed by atoms with Gasteiger partial charge in [-0.25, -0.2) is 0 Å². The molecule has 0 aliphatic heterocycles. The lowest BCUT2D eigenvalue weighted by molar-refractivity contribution is 0.0603. The van der Waals surface area contributed by atoms with Gasteiger partial charge in [-0.3, -0.25) is 4.79 Å². The van der Waals surface area contributed by atoms with Gasteiger partial charge >= 0.3 is 0 Å². The Balaban J connectivity index is 1.58. The molecule has 5 heteroatoms. The summed E-state index contributed by atoms with van der Waals surface area (Å²) in [5.74, 6) is -0.359. The summed E-state index contributed by atoms with van der Waals surface area (Å²) in [6.07, 6.45) is 5.53. The van der Waals surface area contributed by atoms with E-state index in [1.165, 1.54) is 25.7 Å². The second kappa shape index (κ2) is 6.87. The minimum atomic E-state index is -0.359. The summed E-state index contributed by atoms with van der Waals surface area (Å²) in [4.78, 5) is 12.1. The first kappa shape index (κ1) is 13.5. The third kappa shape index (κ3) is 4.08. The Morgan fingerprint density at radius 3 is 2.94 bits per heavy atom. The van der Waals surface area contributed by atoms with Crippen molar-refractivity contribution in [2.75, 3.05) is 13.2 Å². The highest BCUT2D eigenvalue weighted by atomic mass is 32.1. The third-order valence-electron chi connectivity index (χ3n) is 3.17. The molecule has 1 fully saturated rings. The van der Waals surface area contributed by atoms with Crippen LogP contribution in [0.4, 0.5) is 0 Å². The standard InChI is InChI=1S/C13H20N2O2S/c14-13(16)10-7-12(18-9-10)8-15-5-6-17-11-3-1-2-4-11/h7,9,11,15H,1-6,8H2,(H2,14,16). The van der Waals surface area contributed by atoms with E-state index in [0.29, 0.717) is 11.7 Å². The van der Waals surface area contributed by atoms with Gasteiger partial charge in [0.15, 0.2) is 0 Å². The highest BCUT2D eigenvalue weighted by molar-refractivity contribution is 7.10. The van der Waals surface area contributed by atoms with Crippen LogP contribution in [0.25, 0.3) is 0 Å². The van der Waals surface area contributed by atoms with Crippen molar-refractivity contribution in [3.05, 3.63) is 21.9 Å². The molecule has 0 spiro atoms. The molecule has 1 aromatic heterocycles. The Kier molecular flexibility index (Phi) is 5.16. The SMILES string of the molecule is NC(=O)c1csc(CNCCOC2CCCC2)c1. The molecule has 1 saturated carbocycles. The van der Waals surface area contributed by atoms with Crippen molar-refractivity contribution in [1.82, 2.24) is 5.32 Å². The maximum atomic E-state index is 10.9. The minimum Gasteiger partial charge on any atom is -0.377 e. The van der Waals surface area contributed by atoms with Crippen molar-refractivity contribution in [3.8, 4) is 0 Å². The van der Waals surface area contributed by atoms with Gasteiger partial charge in [-0.05, 0) is 18.9 Å². The summed E-state index contributed by atoms with van der Waals surface area (Å²) in [5.41, 5.74) is 5.80. The smallest absolute Gasteiger partial charge is 0.249 e. The molecule has 3 N–H and O–H groups in total. The van der Waals surface area contributed by atoms with Crippen LogP contribution in [0.2, 0.25) is 0 Å². The topological polar surface area (TPSA) is 64.4 Å². The van der Waals surface area contributed by atoms with Gasteiger partial charge in [-0.1, -0.05) is 12.8 Å². The fraction of sp³-hybridized carbons (Fsp3) is 0.615. The van der Waals surface area contributed by atoms with E-state index in [0.717, 1.165) is 24.6 Å². The lowest BCUT2D eigenvalue weighted by atomic mass is 10.3. The molecule has 1 amide bonds. The van der Waals surface area contributed by atoms with E-state index in [2.05, 4.69) is 5.32 Å². The molecule has 0 aromatic carbocycles. The van der Waals surface area contributed by atoms with Gasteiger partial charge in [-0.15, -0.1) is 11.3 Å². The number of carbonyl (C=O) groups excluding carboxylic acids is 1. The van der Waals surface area contributed by atoms with Gasteiger partial charge in [0.05, 0.1) is 18.3 Å². The van der Waals surface area contributed by atoms with Gasteiger partial charge in [0, 0.05) is 23.3 Å². The average Bonchev–Trinajstić information content (AvgIpc) is 2.98. The zero-order valence-corrected chi connectivity index (χ0v) is 11.3. The summed E-state index contributed by atoms with van der Waals surface area (Å²) in [7, 11) is 0. The summed E-state index contributed by atoms with van der Waals surface area (Å²) in [6.45, 7) is 2.38. The van der Waals surface area contributed by atoms with Crippen LogP contribution in [-0.2, 0) is 11.3 Å². The lowest BCUT2D eigenvalue weighted by Crippen LogP contribution is -2.21. The Bertz CT molecular complexity index is 386. The number of amides is 1. The largest absolute Gasteiger partial charge is 0.377 e. The van der Waals surface area contributed by atoms with E-state index in [1.54, 1.807) is 16.7 Å². The highest BCUT2D eigenvalue weighted by Gasteiger charge is 2.14. The predicted molar refractivity (Wildman–Crippen MR) is 72.8 cm³/mol. The van der Waals surface area contributed by atoms with E-state index < -0.39 is 0 Å². The molecule has 4 nitrogen and oxygen atoms in total. The highest BCUT2D eigenvalue weighted by Crippen LogP contribution is 2.20.